The highest BCUT2D eigenvalue weighted by molar-refractivity contribution is 5.43. The number of aromatic nitrogens is 2. The monoisotopic (exact) mass is 331 g/mol. The van der Waals surface area contributed by atoms with Crippen LogP contribution in [0.5, 0.6) is 0 Å². The molecule has 2 aliphatic rings. The Labute approximate surface area is 146 Å². The number of likely N-dealkylation sites (tertiary alicyclic amines) is 1. The quantitative estimate of drug-likeness (QED) is 0.896. The summed E-state index contributed by atoms with van der Waals surface area (Å²) >= 11 is 0. The average Bonchev–Trinajstić information content (AvgIpc) is 2.84. The highest BCUT2D eigenvalue weighted by Gasteiger charge is 2.21. The molecule has 1 N–H and O–H groups in total. The van der Waals surface area contributed by atoms with Crippen LogP contribution in [-0.2, 0) is 0 Å². The van der Waals surface area contributed by atoms with Gasteiger partial charge in [0, 0.05) is 38.4 Å². The number of nitrogens with zero attached hydrogens (tertiary/aromatic N) is 4. The van der Waals surface area contributed by atoms with Gasteiger partial charge >= 0.3 is 0 Å². The molecule has 2 saturated heterocycles. The summed E-state index contributed by atoms with van der Waals surface area (Å²) in [6, 6.07) is 2.53. The molecule has 2 aliphatic heterocycles. The number of piperidine rings is 1. The molecular weight excluding hydrogens is 298 g/mol. The first-order chi connectivity index (χ1) is 11.7. The Balaban J connectivity index is 1.59. The second-order valence-corrected chi connectivity index (χ2v) is 7.78. The molecule has 1 aromatic heterocycles. The zero-order chi connectivity index (χ0) is 16.8. The van der Waals surface area contributed by atoms with E-state index in [0.29, 0.717) is 6.04 Å². The summed E-state index contributed by atoms with van der Waals surface area (Å²) in [4.78, 5) is 14.3. The van der Waals surface area contributed by atoms with Gasteiger partial charge in [0.15, 0.2) is 0 Å². The molecule has 1 atom stereocenters. The number of anilines is 2. The maximum atomic E-state index is 4.80. The van der Waals surface area contributed by atoms with Crippen molar-refractivity contribution in [2.45, 2.75) is 58.4 Å². The third kappa shape index (κ3) is 5.07. The topological polar surface area (TPSA) is 44.3 Å². The molecule has 1 aromatic rings. The summed E-state index contributed by atoms with van der Waals surface area (Å²) in [5, 5.41) is 3.59. The Hall–Kier alpha value is -1.36. The minimum atomic E-state index is 0.469. The van der Waals surface area contributed by atoms with Crippen LogP contribution in [0.4, 0.5) is 11.8 Å². The van der Waals surface area contributed by atoms with E-state index in [1.807, 2.05) is 6.20 Å². The Bertz CT molecular complexity index is 496. The van der Waals surface area contributed by atoms with Crippen LogP contribution < -0.4 is 10.2 Å². The van der Waals surface area contributed by atoms with Crippen LogP contribution in [0.3, 0.4) is 0 Å². The second kappa shape index (κ2) is 8.65. The molecular formula is C19H33N5. The summed E-state index contributed by atoms with van der Waals surface area (Å²) in [5.41, 5.74) is 0. The van der Waals surface area contributed by atoms with Crippen LogP contribution in [0.25, 0.3) is 0 Å². The van der Waals surface area contributed by atoms with Crippen LogP contribution in [0.1, 0.15) is 52.4 Å². The third-order valence-corrected chi connectivity index (χ3v) is 5.03. The third-order valence-electron chi connectivity index (χ3n) is 5.03. The molecule has 2 fully saturated rings. The molecule has 134 valence electrons. The lowest BCUT2D eigenvalue weighted by atomic mass is 10.0. The van der Waals surface area contributed by atoms with Crippen LogP contribution in [0.15, 0.2) is 12.3 Å². The van der Waals surface area contributed by atoms with Crippen LogP contribution >= 0.6 is 0 Å². The van der Waals surface area contributed by atoms with E-state index in [1.54, 1.807) is 0 Å². The van der Waals surface area contributed by atoms with Crippen molar-refractivity contribution in [3.63, 3.8) is 0 Å². The molecule has 0 aliphatic carbocycles. The molecule has 0 radical (unpaired) electrons. The Kier molecular flexibility index (Phi) is 6.30. The zero-order valence-corrected chi connectivity index (χ0v) is 15.4. The van der Waals surface area contributed by atoms with Gasteiger partial charge in [-0.1, -0.05) is 26.7 Å². The lowest BCUT2D eigenvalue weighted by Crippen LogP contribution is -2.43. The molecule has 0 saturated carbocycles. The van der Waals surface area contributed by atoms with Gasteiger partial charge in [-0.15, -0.1) is 0 Å². The molecule has 0 amide bonds. The van der Waals surface area contributed by atoms with E-state index < -0.39 is 0 Å². The molecule has 3 rings (SSSR count). The average molecular weight is 332 g/mol. The fraction of sp³-hybridized carbons (Fsp3) is 0.789. The van der Waals surface area contributed by atoms with Crippen molar-refractivity contribution in [1.29, 1.82) is 0 Å². The Morgan fingerprint density at radius 1 is 1.12 bits per heavy atom. The number of rotatable bonds is 5. The predicted octanol–water partition coefficient (Wildman–Crippen LogP) is 3.39. The fourth-order valence-electron chi connectivity index (χ4n) is 3.93. The summed E-state index contributed by atoms with van der Waals surface area (Å²) in [5.74, 6) is 2.61. The summed E-state index contributed by atoms with van der Waals surface area (Å²) < 4.78 is 0. The van der Waals surface area contributed by atoms with E-state index in [-0.39, 0.29) is 0 Å². The SMILES string of the molecule is CC(C)CN1CCCC(Nc2nccc(N3CCCCCC3)n2)C1. The van der Waals surface area contributed by atoms with Gasteiger partial charge in [0.25, 0.3) is 0 Å². The van der Waals surface area contributed by atoms with Crippen molar-refractivity contribution >= 4 is 11.8 Å². The fourth-order valence-corrected chi connectivity index (χ4v) is 3.93. The lowest BCUT2D eigenvalue weighted by Gasteiger charge is -2.34. The molecule has 24 heavy (non-hydrogen) atoms. The maximum Gasteiger partial charge on any atom is 0.224 e. The summed E-state index contributed by atoms with van der Waals surface area (Å²) in [6.07, 6.45) is 9.63. The Morgan fingerprint density at radius 3 is 2.67 bits per heavy atom. The van der Waals surface area contributed by atoms with E-state index in [1.165, 1.54) is 51.6 Å². The Morgan fingerprint density at radius 2 is 1.92 bits per heavy atom. The van der Waals surface area contributed by atoms with E-state index in [9.17, 15) is 0 Å². The van der Waals surface area contributed by atoms with Gasteiger partial charge in [0.05, 0.1) is 0 Å². The standard InChI is InChI=1S/C19H33N5/c1-16(2)14-23-11-7-8-17(15-23)21-19-20-10-9-18(22-19)24-12-5-3-4-6-13-24/h9-10,16-17H,3-8,11-15H2,1-2H3,(H,20,21,22). The van der Waals surface area contributed by atoms with E-state index in [4.69, 9.17) is 4.98 Å². The second-order valence-electron chi connectivity index (χ2n) is 7.78. The molecule has 0 aromatic carbocycles. The normalized spacial score (nSPS) is 23.3. The molecule has 1 unspecified atom stereocenters. The first-order valence-electron chi connectivity index (χ1n) is 9.77. The van der Waals surface area contributed by atoms with Crippen LogP contribution in [0, 0.1) is 5.92 Å². The highest BCUT2D eigenvalue weighted by atomic mass is 15.2. The first kappa shape index (κ1) is 17.5. The van der Waals surface area contributed by atoms with Gasteiger partial charge in [0.1, 0.15) is 5.82 Å². The molecule has 5 nitrogen and oxygen atoms in total. The zero-order valence-electron chi connectivity index (χ0n) is 15.4. The number of hydrogen-bond donors (Lipinski definition) is 1. The van der Waals surface area contributed by atoms with E-state index in [0.717, 1.165) is 37.3 Å². The van der Waals surface area contributed by atoms with Gasteiger partial charge in [0.2, 0.25) is 5.95 Å². The van der Waals surface area contributed by atoms with Crippen molar-refractivity contribution in [3.05, 3.63) is 12.3 Å². The van der Waals surface area contributed by atoms with Gasteiger partial charge in [-0.25, -0.2) is 4.98 Å². The molecule has 5 heteroatoms. The van der Waals surface area contributed by atoms with Gasteiger partial charge < -0.3 is 15.1 Å². The van der Waals surface area contributed by atoms with Crippen molar-refractivity contribution in [2.24, 2.45) is 5.92 Å². The van der Waals surface area contributed by atoms with Crippen molar-refractivity contribution in [2.75, 3.05) is 42.9 Å². The molecule has 3 heterocycles. The van der Waals surface area contributed by atoms with Gasteiger partial charge in [-0.3, -0.25) is 0 Å². The van der Waals surface area contributed by atoms with Gasteiger partial charge in [-0.2, -0.15) is 4.98 Å². The van der Waals surface area contributed by atoms with Crippen molar-refractivity contribution < 1.29 is 0 Å². The number of hydrogen-bond acceptors (Lipinski definition) is 5. The molecule has 0 spiro atoms. The van der Waals surface area contributed by atoms with Gasteiger partial charge in [-0.05, 0) is 44.2 Å². The smallest absolute Gasteiger partial charge is 0.224 e. The minimum absolute atomic E-state index is 0.469. The minimum Gasteiger partial charge on any atom is -0.356 e. The van der Waals surface area contributed by atoms with Crippen LogP contribution in [0.2, 0.25) is 0 Å². The summed E-state index contributed by atoms with van der Waals surface area (Å²) in [6.45, 7) is 10.4. The van der Waals surface area contributed by atoms with Crippen LogP contribution in [-0.4, -0.2) is 53.6 Å². The maximum absolute atomic E-state index is 4.80. The van der Waals surface area contributed by atoms with Crippen molar-refractivity contribution in [1.82, 2.24) is 14.9 Å². The van der Waals surface area contributed by atoms with Crippen molar-refractivity contribution in [3.8, 4) is 0 Å². The largest absolute Gasteiger partial charge is 0.356 e. The molecule has 0 bridgehead atoms. The number of nitrogens with one attached hydrogen (secondary N) is 1. The van der Waals surface area contributed by atoms with E-state index >= 15 is 0 Å². The first-order valence-corrected chi connectivity index (χ1v) is 9.77. The lowest BCUT2D eigenvalue weighted by molar-refractivity contribution is 0.195. The van der Waals surface area contributed by atoms with E-state index in [2.05, 4.69) is 40.0 Å². The predicted molar refractivity (Wildman–Crippen MR) is 101 cm³/mol. The highest BCUT2D eigenvalue weighted by Crippen LogP contribution is 2.20. The summed E-state index contributed by atoms with van der Waals surface area (Å²) in [7, 11) is 0.